The summed E-state index contributed by atoms with van der Waals surface area (Å²) in [7, 11) is 0. The molecule has 1 N–H and O–H groups in total. The number of rotatable bonds is 4. The molecule has 0 aliphatic rings. The first kappa shape index (κ1) is 12.6. The molecule has 0 heterocycles. The van der Waals surface area contributed by atoms with Crippen molar-refractivity contribution in [3.8, 4) is 0 Å². The van der Waals surface area contributed by atoms with Crippen LogP contribution in [0.1, 0.15) is 38.3 Å². The van der Waals surface area contributed by atoms with Crippen LogP contribution >= 0.6 is 0 Å². The zero-order valence-corrected chi connectivity index (χ0v) is 9.39. The van der Waals surface area contributed by atoms with Crippen LogP contribution in [-0.4, -0.2) is 5.91 Å². The van der Waals surface area contributed by atoms with Crippen molar-refractivity contribution < 1.29 is 13.6 Å². The van der Waals surface area contributed by atoms with E-state index in [0.29, 0.717) is 12.0 Å². The van der Waals surface area contributed by atoms with Crippen molar-refractivity contribution in [2.45, 2.75) is 32.7 Å². The second kappa shape index (κ2) is 5.58. The first-order valence-corrected chi connectivity index (χ1v) is 5.26. The van der Waals surface area contributed by atoms with E-state index >= 15 is 0 Å². The van der Waals surface area contributed by atoms with Gasteiger partial charge in [0.2, 0.25) is 5.91 Å². The lowest BCUT2D eigenvalue weighted by molar-refractivity contribution is -0.119. The molecule has 0 spiro atoms. The normalized spacial score (nSPS) is 12.2. The van der Waals surface area contributed by atoms with Crippen LogP contribution in [0.3, 0.4) is 0 Å². The molecule has 1 rings (SSSR count). The summed E-state index contributed by atoms with van der Waals surface area (Å²) < 4.78 is 26.2. The molecular formula is C12H15F2NO. The lowest BCUT2D eigenvalue weighted by Gasteiger charge is -2.18. The minimum absolute atomic E-state index is 0.220. The summed E-state index contributed by atoms with van der Waals surface area (Å²) in [5.41, 5.74) is 0.332. The second-order valence-corrected chi connectivity index (χ2v) is 3.71. The van der Waals surface area contributed by atoms with Crippen molar-refractivity contribution in [3.63, 3.8) is 0 Å². The summed E-state index contributed by atoms with van der Waals surface area (Å²) in [6, 6.07) is 3.02. The largest absolute Gasteiger partial charge is 0.349 e. The van der Waals surface area contributed by atoms with Crippen LogP contribution in [0.25, 0.3) is 0 Å². The minimum Gasteiger partial charge on any atom is -0.349 e. The standard InChI is InChI=1S/C12H15F2NO/c1-3-4-12(15-8(2)16)10-6-5-9(13)7-11(10)14/h5-7,12H,3-4H2,1-2H3,(H,15,16)/t12-/m0/s1. The van der Waals surface area contributed by atoms with Gasteiger partial charge in [0, 0.05) is 18.6 Å². The molecule has 2 nitrogen and oxygen atoms in total. The Labute approximate surface area is 93.7 Å². The Balaban J connectivity index is 2.95. The van der Waals surface area contributed by atoms with Crippen molar-refractivity contribution in [3.05, 3.63) is 35.4 Å². The number of benzene rings is 1. The van der Waals surface area contributed by atoms with Gasteiger partial charge in [0.25, 0.3) is 0 Å². The fraction of sp³-hybridized carbons (Fsp3) is 0.417. The molecule has 1 aromatic rings. The molecule has 0 fully saturated rings. The highest BCUT2D eigenvalue weighted by Gasteiger charge is 2.16. The molecule has 0 bridgehead atoms. The monoisotopic (exact) mass is 227 g/mol. The number of carbonyl (C=O) groups excluding carboxylic acids is 1. The van der Waals surface area contributed by atoms with Gasteiger partial charge in [-0.2, -0.15) is 0 Å². The van der Waals surface area contributed by atoms with Gasteiger partial charge < -0.3 is 5.32 Å². The highest BCUT2D eigenvalue weighted by atomic mass is 19.1. The third-order valence-corrected chi connectivity index (χ3v) is 2.29. The van der Waals surface area contributed by atoms with E-state index in [4.69, 9.17) is 0 Å². The predicted octanol–water partition coefficient (Wildman–Crippen LogP) is 2.94. The van der Waals surface area contributed by atoms with Gasteiger partial charge in [0.05, 0.1) is 6.04 Å². The number of hydrogen-bond donors (Lipinski definition) is 1. The minimum atomic E-state index is -0.618. The van der Waals surface area contributed by atoms with E-state index in [1.54, 1.807) is 0 Å². The van der Waals surface area contributed by atoms with Crippen LogP contribution in [0.5, 0.6) is 0 Å². The van der Waals surface area contributed by atoms with Gasteiger partial charge in [-0.25, -0.2) is 8.78 Å². The van der Waals surface area contributed by atoms with Crippen LogP contribution in [0.15, 0.2) is 18.2 Å². The lowest BCUT2D eigenvalue weighted by Crippen LogP contribution is -2.26. The van der Waals surface area contributed by atoms with Crippen molar-refractivity contribution in [1.29, 1.82) is 0 Å². The van der Waals surface area contributed by atoms with Crippen LogP contribution in [0.4, 0.5) is 8.78 Å². The topological polar surface area (TPSA) is 29.1 Å². The molecule has 0 saturated carbocycles. The Kier molecular flexibility index (Phi) is 4.40. The summed E-state index contributed by atoms with van der Waals surface area (Å²) in [5, 5.41) is 2.66. The van der Waals surface area contributed by atoms with Gasteiger partial charge in [-0.3, -0.25) is 4.79 Å². The van der Waals surface area contributed by atoms with Crippen molar-refractivity contribution >= 4 is 5.91 Å². The SMILES string of the molecule is CCC[C@H](NC(C)=O)c1ccc(F)cc1F. The molecule has 0 unspecified atom stereocenters. The van der Waals surface area contributed by atoms with E-state index in [9.17, 15) is 13.6 Å². The van der Waals surface area contributed by atoms with Crippen LogP contribution in [0, 0.1) is 11.6 Å². The molecule has 4 heteroatoms. The highest BCUT2D eigenvalue weighted by Crippen LogP contribution is 2.22. The van der Waals surface area contributed by atoms with Crippen molar-refractivity contribution in [1.82, 2.24) is 5.32 Å². The summed E-state index contributed by atoms with van der Waals surface area (Å²) in [5.74, 6) is -1.45. The molecule has 0 radical (unpaired) electrons. The average Bonchev–Trinajstić information content (AvgIpc) is 2.16. The summed E-state index contributed by atoms with van der Waals surface area (Å²) in [4.78, 5) is 11.0. The first-order chi connectivity index (χ1) is 7.54. The maximum atomic E-state index is 13.5. The van der Waals surface area contributed by atoms with E-state index in [1.807, 2.05) is 6.92 Å². The zero-order chi connectivity index (χ0) is 12.1. The van der Waals surface area contributed by atoms with E-state index in [2.05, 4.69) is 5.32 Å². The molecule has 88 valence electrons. The predicted molar refractivity (Wildman–Crippen MR) is 57.8 cm³/mol. The number of amides is 1. The van der Waals surface area contributed by atoms with Gasteiger partial charge in [-0.05, 0) is 12.5 Å². The zero-order valence-electron chi connectivity index (χ0n) is 9.39. The highest BCUT2D eigenvalue weighted by molar-refractivity contribution is 5.73. The molecule has 1 atom stereocenters. The Morgan fingerprint density at radius 1 is 1.44 bits per heavy atom. The quantitative estimate of drug-likeness (QED) is 0.841. The van der Waals surface area contributed by atoms with Crippen molar-refractivity contribution in [2.75, 3.05) is 0 Å². The Morgan fingerprint density at radius 2 is 2.12 bits per heavy atom. The number of halogens is 2. The number of carbonyl (C=O) groups is 1. The Bertz CT molecular complexity index is 379. The van der Waals surface area contributed by atoms with Gasteiger partial charge in [0.15, 0.2) is 0 Å². The van der Waals surface area contributed by atoms with Gasteiger partial charge in [-0.1, -0.05) is 19.4 Å². The fourth-order valence-corrected chi connectivity index (χ4v) is 1.62. The number of hydrogen-bond acceptors (Lipinski definition) is 1. The molecule has 0 aromatic heterocycles. The molecule has 16 heavy (non-hydrogen) atoms. The molecule has 1 amide bonds. The van der Waals surface area contributed by atoms with E-state index in [-0.39, 0.29) is 11.9 Å². The summed E-state index contributed by atoms with van der Waals surface area (Å²) >= 11 is 0. The van der Waals surface area contributed by atoms with Crippen LogP contribution in [0.2, 0.25) is 0 Å². The maximum Gasteiger partial charge on any atom is 0.217 e. The third kappa shape index (κ3) is 3.29. The summed E-state index contributed by atoms with van der Waals surface area (Å²) in [6.07, 6.45) is 1.43. The second-order valence-electron chi connectivity index (χ2n) is 3.71. The van der Waals surface area contributed by atoms with E-state index in [0.717, 1.165) is 12.5 Å². The van der Waals surface area contributed by atoms with Crippen molar-refractivity contribution in [2.24, 2.45) is 0 Å². The maximum absolute atomic E-state index is 13.5. The van der Waals surface area contributed by atoms with Gasteiger partial charge in [-0.15, -0.1) is 0 Å². The summed E-state index contributed by atoms with van der Waals surface area (Å²) in [6.45, 7) is 3.32. The molecule has 0 saturated heterocycles. The third-order valence-electron chi connectivity index (χ3n) is 2.29. The molecule has 0 aliphatic heterocycles. The van der Waals surface area contributed by atoms with E-state index < -0.39 is 11.6 Å². The fourth-order valence-electron chi connectivity index (χ4n) is 1.62. The van der Waals surface area contributed by atoms with Crippen LogP contribution in [-0.2, 0) is 4.79 Å². The smallest absolute Gasteiger partial charge is 0.217 e. The Morgan fingerprint density at radius 3 is 2.62 bits per heavy atom. The van der Waals surface area contributed by atoms with Gasteiger partial charge >= 0.3 is 0 Å². The lowest BCUT2D eigenvalue weighted by atomic mass is 10.0. The molecular weight excluding hydrogens is 212 g/mol. The van der Waals surface area contributed by atoms with E-state index in [1.165, 1.54) is 19.1 Å². The Hall–Kier alpha value is -1.45. The molecule has 1 aromatic carbocycles. The molecule has 0 aliphatic carbocycles. The number of nitrogens with one attached hydrogen (secondary N) is 1. The first-order valence-electron chi connectivity index (χ1n) is 5.26. The van der Waals surface area contributed by atoms with Gasteiger partial charge in [0.1, 0.15) is 11.6 Å². The van der Waals surface area contributed by atoms with Crippen LogP contribution < -0.4 is 5.32 Å². The average molecular weight is 227 g/mol.